The summed E-state index contributed by atoms with van der Waals surface area (Å²) in [4.78, 5) is 2.64. The van der Waals surface area contributed by atoms with Crippen molar-refractivity contribution in [1.82, 2.24) is 4.90 Å². The molecule has 0 saturated carbocycles. The van der Waals surface area contributed by atoms with E-state index in [9.17, 15) is 5.11 Å². The first kappa shape index (κ1) is 20.4. The second-order valence-electron chi connectivity index (χ2n) is 9.65. The van der Waals surface area contributed by atoms with Gasteiger partial charge in [-0.05, 0) is 54.0 Å². The number of nitrogens with zero attached hydrogens (tertiary/aromatic N) is 1. The van der Waals surface area contributed by atoms with Crippen LogP contribution in [0.15, 0.2) is 48.5 Å². The minimum atomic E-state index is 0.0904. The fourth-order valence-electron chi connectivity index (χ4n) is 5.60. The molecule has 29 heavy (non-hydrogen) atoms. The highest BCUT2D eigenvalue weighted by atomic mass is 16.5. The molecule has 2 aromatic rings. The van der Waals surface area contributed by atoms with Crippen molar-refractivity contribution >= 4 is 0 Å². The number of ether oxygens (including phenoxy) is 1. The Labute approximate surface area is 175 Å². The summed E-state index contributed by atoms with van der Waals surface area (Å²) in [5.41, 5.74) is 3.97. The average Bonchev–Trinajstić information content (AvgIpc) is 2.71. The Morgan fingerprint density at radius 2 is 1.86 bits per heavy atom. The summed E-state index contributed by atoms with van der Waals surface area (Å²) >= 11 is 0. The van der Waals surface area contributed by atoms with E-state index in [1.54, 1.807) is 0 Å². The summed E-state index contributed by atoms with van der Waals surface area (Å²) in [7, 11) is 0. The van der Waals surface area contributed by atoms with Gasteiger partial charge >= 0.3 is 0 Å². The Balaban J connectivity index is 1.53. The van der Waals surface area contributed by atoms with Crippen molar-refractivity contribution in [3.8, 4) is 5.75 Å². The van der Waals surface area contributed by atoms with Gasteiger partial charge in [-0.25, -0.2) is 0 Å². The van der Waals surface area contributed by atoms with Crippen LogP contribution in [0.25, 0.3) is 0 Å². The number of aromatic hydroxyl groups is 1. The average molecular weight is 394 g/mol. The van der Waals surface area contributed by atoms with Crippen LogP contribution < -0.4 is 0 Å². The maximum atomic E-state index is 10.6. The number of phenolic OH excluding ortho intramolecular Hbond substituents is 1. The SMILES string of the molecule is CCC(CN1CCC2(C)c3cccc(O)c3CC1C2(C)C)OCc1ccccc1. The monoisotopic (exact) mass is 393 g/mol. The first-order chi connectivity index (χ1) is 13.9. The first-order valence-corrected chi connectivity index (χ1v) is 11.1. The lowest BCUT2D eigenvalue weighted by atomic mass is 9.51. The van der Waals surface area contributed by atoms with Gasteiger partial charge in [-0.3, -0.25) is 4.90 Å². The van der Waals surface area contributed by atoms with E-state index in [-0.39, 0.29) is 16.9 Å². The quantitative estimate of drug-likeness (QED) is 0.723. The summed E-state index contributed by atoms with van der Waals surface area (Å²) in [6.45, 7) is 12.2. The lowest BCUT2D eigenvalue weighted by Gasteiger charge is -2.61. The summed E-state index contributed by atoms with van der Waals surface area (Å²) in [6.07, 6.45) is 3.26. The Hall–Kier alpha value is -1.84. The third-order valence-electron chi connectivity index (χ3n) is 7.96. The van der Waals surface area contributed by atoms with E-state index >= 15 is 0 Å². The molecule has 3 nitrogen and oxygen atoms in total. The van der Waals surface area contributed by atoms with Crippen molar-refractivity contribution in [2.24, 2.45) is 5.41 Å². The van der Waals surface area contributed by atoms with Crippen LogP contribution in [0.2, 0.25) is 0 Å². The minimum absolute atomic E-state index is 0.0904. The number of piperidine rings is 1. The van der Waals surface area contributed by atoms with Crippen LogP contribution in [0, 0.1) is 5.41 Å². The van der Waals surface area contributed by atoms with Crippen LogP contribution in [0.1, 0.15) is 57.2 Å². The number of likely N-dealkylation sites (tertiary alicyclic amines) is 1. The fraction of sp³-hybridized carbons (Fsp3) is 0.538. The van der Waals surface area contributed by atoms with E-state index < -0.39 is 0 Å². The molecule has 4 rings (SSSR count). The van der Waals surface area contributed by atoms with Gasteiger partial charge < -0.3 is 9.84 Å². The second kappa shape index (κ2) is 7.77. The highest BCUT2D eigenvalue weighted by Crippen LogP contribution is 2.57. The summed E-state index contributed by atoms with van der Waals surface area (Å²) in [5.74, 6) is 0.462. The van der Waals surface area contributed by atoms with Gasteiger partial charge in [-0.2, -0.15) is 0 Å². The molecule has 0 amide bonds. The van der Waals surface area contributed by atoms with Crippen molar-refractivity contribution in [2.45, 2.75) is 71.1 Å². The molecular formula is C26H35NO2. The molecule has 2 bridgehead atoms. The van der Waals surface area contributed by atoms with Gasteiger partial charge in [0, 0.05) is 18.0 Å². The topological polar surface area (TPSA) is 32.7 Å². The van der Waals surface area contributed by atoms with Crippen molar-refractivity contribution in [3.63, 3.8) is 0 Å². The highest BCUT2D eigenvalue weighted by Gasteiger charge is 2.56. The number of benzene rings is 2. The number of hydrogen-bond donors (Lipinski definition) is 1. The molecule has 0 spiro atoms. The molecule has 1 fully saturated rings. The van der Waals surface area contributed by atoms with Crippen molar-refractivity contribution < 1.29 is 9.84 Å². The summed E-state index contributed by atoms with van der Waals surface area (Å²) in [6, 6.07) is 16.9. The Bertz CT molecular complexity index is 847. The molecule has 156 valence electrons. The highest BCUT2D eigenvalue weighted by molar-refractivity contribution is 5.48. The van der Waals surface area contributed by atoms with Crippen molar-refractivity contribution in [1.29, 1.82) is 0 Å². The molecule has 3 heteroatoms. The van der Waals surface area contributed by atoms with Crippen LogP contribution in [0.4, 0.5) is 0 Å². The van der Waals surface area contributed by atoms with Gasteiger partial charge in [-0.1, -0.05) is 70.2 Å². The smallest absolute Gasteiger partial charge is 0.119 e. The normalized spacial score (nSPS) is 26.7. The molecule has 0 aromatic heterocycles. The largest absolute Gasteiger partial charge is 0.508 e. The van der Waals surface area contributed by atoms with Gasteiger partial charge in [0.15, 0.2) is 0 Å². The van der Waals surface area contributed by atoms with Crippen LogP contribution in [0.3, 0.4) is 0 Å². The fourth-order valence-corrected chi connectivity index (χ4v) is 5.60. The lowest BCUT2D eigenvalue weighted by Crippen LogP contribution is -2.64. The molecule has 2 aliphatic rings. The number of fused-ring (bicyclic) bond motifs is 4. The maximum Gasteiger partial charge on any atom is 0.119 e. The predicted molar refractivity (Wildman–Crippen MR) is 118 cm³/mol. The lowest BCUT2D eigenvalue weighted by molar-refractivity contribution is -0.0693. The van der Waals surface area contributed by atoms with Crippen LogP contribution >= 0.6 is 0 Å². The van der Waals surface area contributed by atoms with Crippen LogP contribution in [-0.4, -0.2) is 35.2 Å². The van der Waals surface area contributed by atoms with Crippen molar-refractivity contribution in [2.75, 3.05) is 13.1 Å². The summed E-state index contributed by atoms with van der Waals surface area (Å²) < 4.78 is 6.31. The Morgan fingerprint density at radius 1 is 1.10 bits per heavy atom. The van der Waals surface area contributed by atoms with E-state index in [0.29, 0.717) is 18.4 Å². The van der Waals surface area contributed by atoms with E-state index in [1.807, 2.05) is 18.2 Å². The Kier molecular flexibility index (Phi) is 5.48. The maximum absolute atomic E-state index is 10.6. The predicted octanol–water partition coefficient (Wildman–Crippen LogP) is 5.30. The molecule has 1 N–H and O–H groups in total. The molecule has 1 aliphatic carbocycles. The molecule has 1 aliphatic heterocycles. The molecule has 0 radical (unpaired) electrons. The molecule has 3 atom stereocenters. The number of phenols is 1. The van der Waals surface area contributed by atoms with Gasteiger partial charge in [-0.15, -0.1) is 0 Å². The van der Waals surface area contributed by atoms with Gasteiger partial charge in [0.05, 0.1) is 12.7 Å². The van der Waals surface area contributed by atoms with E-state index in [4.69, 9.17) is 4.74 Å². The van der Waals surface area contributed by atoms with Crippen LogP contribution in [-0.2, 0) is 23.2 Å². The van der Waals surface area contributed by atoms with E-state index in [1.165, 1.54) is 11.1 Å². The molecule has 2 aromatic carbocycles. The molecule has 3 unspecified atom stereocenters. The van der Waals surface area contributed by atoms with Crippen LogP contribution in [0.5, 0.6) is 5.75 Å². The Morgan fingerprint density at radius 3 is 2.59 bits per heavy atom. The molecular weight excluding hydrogens is 358 g/mol. The first-order valence-electron chi connectivity index (χ1n) is 11.1. The van der Waals surface area contributed by atoms with E-state index in [2.05, 4.69) is 62.9 Å². The third kappa shape index (κ3) is 3.49. The molecule has 1 saturated heterocycles. The zero-order valence-electron chi connectivity index (χ0n) is 18.3. The standard InChI is InChI=1S/C26H35NO2/c1-5-20(29-18-19-10-7-6-8-11-19)17-27-15-14-26(4)22-12-9-13-23(28)21(22)16-24(27)25(26,2)3/h6-13,20,24,28H,5,14-18H2,1-4H3. The number of hydrogen-bond acceptors (Lipinski definition) is 3. The van der Waals surface area contributed by atoms with Crippen molar-refractivity contribution in [3.05, 3.63) is 65.2 Å². The van der Waals surface area contributed by atoms with E-state index in [0.717, 1.165) is 37.9 Å². The third-order valence-corrected chi connectivity index (χ3v) is 7.96. The summed E-state index contributed by atoms with van der Waals surface area (Å²) in [5, 5.41) is 10.6. The van der Waals surface area contributed by atoms with Gasteiger partial charge in [0.2, 0.25) is 0 Å². The zero-order valence-corrected chi connectivity index (χ0v) is 18.3. The number of rotatable bonds is 6. The zero-order chi connectivity index (χ0) is 20.6. The minimum Gasteiger partial charge on any atom is -0.508 e. The van der Waals surface area contributed by atoms with Gasteiger partial charge in [0.1, 0.15) is 5.75 Å². The van der Waals surface area contributed by atoms with Gasteiger partial charge in [0.25, 0.3) is 0 Å². The second-order valence-corrected chi connectivity index (χ2v) is 9.65. The molecule has 1 heterocycles.